The number of nitrogens with zero attached hydrogens (tertiary/aromatic N) is 1. The molecule has 0 aromatic rings. The zero-order chi connectivity index (χ0) is 50.5. The van der Waals surface area contributed by atoms with Crippen LogP contribution in [0.5, 0.6) is 0 Å². The highest BCUT2D eigenvalue weighted by Gasteiger charge is 2.53. The Morgan fingerprint density at radius 1 is 0.868 bits per heavy atom. The molecule has 17 nitrogen and oxygen atoms in total. The van der Waals surface area contributed by atoms with E-state index in [0.717, 1.165) is 10.5 Å². The van der Waals surface area contributed by atoms with Gasteiger partial charge >= 0.3 is 13.8 Å². The molecule has 3 fully saturated rings. The van der Waals surface area contributed by atoms with Gasteiger partial charge in [-0.05, 0) is 107 Å². The van der Waals surface area contributed by atoms with Crippen LogP contribution in [0.2, 0.25) is 0 Å². The zero-order valence-corrected chi connectivity index (χ0v) is 42.3. The van der Waals surface area contributed by atoms with Crippen molar-refractivity contribution >= 4 is 37.0 Å². The van der Waals surface area contributed by atoms with Gasteiger partial charge in [0.05, 0.1) is 24.4 Å². The molecule has 1 aliphatic carbocycles. The second kappa shape index (κ2) is 26.3. The predicted molar refractivity (Wildman–Crippen MR) is 252 cm³/mol. The summed E-state index contributed by atoms with van der Waals surface area (Å²) in [5, 5.41) is 23.3. The minimum Gasteiger partial charge on any atom is -0.460 e. The van der Waals surface area contributed by atoms with Crippen LogP contribution in [0.3, 0.4) is 0 Å². The van der Waals surface area contributed by atoms with Crippen molar-refractivity contribution < 1.29 is 76.7 Å². The lowest BCUT2D eigenvalue weighted by atomic mass is 9.78. The minimum atomic E-state index is -4.79. The highest BCUT2D eigenvalue weighted by Crippen LogP contribution is 2.44. The fraction of sp³-hybridized carbons (Fsp3) is 0.740. The van der Waals surface area contributed by atoms with Crippen LogP contribution < -0.4 is 0 Å². The van der Waals surface area contributed by atoms with E-state index in [2.05, 4.69) is 0 Å². The van der Waals surface area contributed by atoms with E-state index in [-0.39, 0.29) is 36.9 Å². The minimum absolute atomic E-state index is 0.0430. The first kappa shape index (κ1) is 57.4. The van der Waals surface area contributed by atoms with Crippen LogP contribution >= 0.6 is 7.82 Å². The summed E-state index contributed by atoms with van der Waals surface area (Å²) in [5.74, 6) is -8.66. The molecule has 0 aromatic heterocycles. The molecule has 4 rings (SSSR count). The maximum Gasteiger partial charge on any atom is 0.469 e. The van der Waals surface area contributed by atoms with Crippen LogP contribution in [0.15, 0.2) is 47.6 Å². The Kier molecular flexibility index (Phi) is 22.2. The van der Waals surface area contributed by atoms with Gasteiger partial charge in [-0.1, -0.05) is 64.2 Å². The molecule has 3 aliphatic heterocycles. The first-order valence-electron chi connectivity index (χ1n) is 24.3. The van der Waals surface area contributed by atoms with Gasteiger partial charge in [0.1, 0.15) is 30.1 Å². The van der Waals surface area contributed by atoms with Crippen LogP contribution in [-0.4, -0.2) is 137 Å². The number of hydrogen-bond acceptors (Lipinski definition) is 14. The quantitative estimate of drug-likeness (QED) is 0.0936. The summed E-state index contributed by atoms with van der Waals surface area (Å²) in [6.45, 7) is 10.5. The molecule has 2 bridgehead atoms. The van der Waals surface area contributed by atoms with Gasteiger partial charge in [-0.25, -0.2) is 9.36 Å². The number of piperidine rings is 1. The van der Waals surface area contributed by atoms with Crippen LogP contribution in [0.25, 0.3) is 0 Å². The third-order valence-electron chi connectivity index (χ3n) is 14.5. The number of cyclic esters (lactones) is 1. The number of phosphoric acid groups is 1. The number of hydrogen-bond donors (Lipinski definition) is 4. The first-order valence-corrected chi connectivity index (χ1v) is 25.8. The second-order valence-corrected chi connectivity index (χ2v) is 20.8. The molecule has 68 heavy (non-hydrogen) atoms. The van der Waals surface area contributed by atoms with E-state index in [4.69, 9.17) is 28.2 Å². The van der Waals surface area contributed by atoms with Crippen LogP contribution in [0.4, 0.5) is 0 Å². The number of phosphoric ester groups is 1. The summed E-state index contributed by atoms with van der Waals surface area (Å²) in [7, 11) is -0.445. The standard InChI is InChI=1S/C50H78NO16P/c1-30-17-13-11-10-12-14-18-31(2)44(53)46(64-9)45(54)34(5)25-32(3)39(52)29-42(33(4)26-36-21-23-40(43(27-36)63-8)67-68(59,60)61)65-49(57)38-19-15-16-24-51(38)48(56)47(55)50(58)35(6)20-22-37(66-50)28-41(30)62-7/h10-13,17,25,31-33,35-38,40-43,45-46,54,58H,14-16,18-24,26-29H2,1-9H3,(H2,59,60,61)/b12-10+,13-11?,30-17?,34-25+/t31-,32-,33-,35-,36+,37+,38+,40?,41+,42+,43-,45-,46+,50-/m1/s1. The fourth-order valence-electron chi connectivity index (χ4n) is 10.1. The molecule has 0 aromatic carbocycles. The number of Topliss-reactive ketones (excluding diaryl/α,β-unsaturated/α-hetero) is 3. The molecule has 2 saturated heterocycles. The lowest BCUT2D eigenvalue weighted by Gasteiger charge is -2.42. The number of esters is 1. The Bertz CT molecular complexity index is 1910. The summed E-state index contributed by atoms with van der Waals surface area (Å²) in [4.78, 5) is 90.7. The summed E-state index contributed by atoms with van der Waals surface area (Å²) in [6.07, 6.45) is 9.67. The molecule has 3 heterocycles. The number of allylic oxidation sites excluding steroid dienone is 6. The van der Waals surface area contributed by atoms with E-state index in [1.807, 2.05) is 44.2 Å². The number of ketones is 3. The van der Waals surface area contributed by atoms with Gasteiger partial charge in [0.2, 0.25) is 5.79 Å². The highest BCUT2D eigenvalue weighted by molar-refractivity contribution is 7.46. The molecule has 1 saturated carbocycles. The van der Waals surface area contributed by atoms with Crippen molar-refractivity contribution in [2.24, 2.45) is 29.6 Å². The smallest absolute Gasteiger partial charge is 0.460 e. The largest absolute Gasteiger partial charge is 0.469 e. The number of aliphatic hydroxyl groups is 2. The predicted octanol–water partition coefficient (Wildman–Crippen LogP) is 6.05. The average molecular weight is 980 g/mol. The lowest BCUT2D eigenvalue weighted by Crippen LogP contribution is -2.61. The molecule has 4 N–H and O–H groups in total. The van der Waals surface area contributed by atoms with Gasteiger partial charge < -0.3 is 48.6 Å². The molecule has 14 atom stereocenters. The molecule has 18 heteroatoms. The summed E-state index contributed by atoms with van der Waals surface area (Å²) < 4.78 is 46.0. The third kappa shape index (κ3) is 15.6. The Morgan fingerprint density at radius 3 is 2.25 bits per heavy atom. The number of rotatable bonds is 8. The molecule has 4 aliphatic rings. The van der Waals surface area contributed by atoms with Gasteiger partial charge in [0.15, 0.2) is 5.78 Å². The van der Waals surface area contributed by atoms with Gasteiger partial charge in [0, 0.05) is 58.5 Å². The Morgan fingerprint density at radius 2 is 1.59 bits per heavy atom. The number of aliphatic hydroxyl groups excluding tert-OH is 1. The maximum absolute atomic E-state index is 14.4. The van der Waals surface area contributed by atoms with Gasteiger partial charge in [-0.15, -0.1) is 0 Å². The normalized spacial score (nSPS) is 37.1. The molecular weight excluding hydrogens is 902 g/mol. The number of methoxy groups -OCH3 is 3. The summed E-state index contributed by atoms with van der Waals surface area (Å²) in [5.41, 5.74) is 1.21. The van der Waals surface area contributed by atoms with Crippen LogP contribution in [-0.2, 0) is 56.7 Å². The topological polar surface area (TPSA) is 242 Å². The molecule has 384 valence electrons. The lowest BCUT2D eigenvalue weighted by molar-refractivity contribution is -0.265. The highest BCUT2D eigenvalue weighted by atomic mass is 31.2. The van der Waals surface area contributed by atoms with Crippen molar-refractivity contribution in [2.45, 2.75) is 180 Å². The fourth-order valence-corrected chi connectivity index (χ4v) is 10.6. The van der Waals surface area contributed by atoms with Crippen molar-refractivity contribution in [3.05, 3.63) is 47.6 Å². The molecule has 0 spiro atoms. The second-order valence-electron chi connectivity index (χ2n) is 19.6. The van der Waals surface area contributed by atoms with E-state index in [1.165, 1.54) is 14.2 Å². The molecule has 1 amide bonds. The van der Waals surface area contributed by atoms with E-state index in [0.29, 0.717) is 76.2 Å². The first-order chi connectivity index (χ1) is 32.0. The van der Waals surface area contributed by atoms with E-state index in [9.17, 15) is 48.5 Å². The van der Waals surface area contributed by atoms with Crippen molar-refractivity contribution in [2.75, 3.05) is 27.9 Å². The number of amides is 1. The van der Waals surface area contributed by atoms with Crippen molar-refractivity contribution in [3.63, 3.8) is 0 Å². The third-order valence-corrected chi connectivity index (χ3v) is 15.0. The average Bonchev–Trinajstić information content (AvgIpc) is 3.30. The molecular formula is C50H78NO16P. The van der Waals surface area contributed by atoms with Crippen LogP contribution in [0.1, 0.15) is 125 Å². The van der Waals surface area contributed by atoms with Crippen LogP contribution in [0, 0.1) is 29.6 Å². The van der Waals surface area contributed by atoms with Gasteiger partial charge in [-0.2, -0.15) is 0 Å². The number of fused-ring (bicyclic) bond motifs is 3. The SMILES string of the molecule is CO[C@H]1C[C@@H]2CC[C@@H](C)[C@@](O)(O2)C(=O)C(=O)N2CCCC[C@H]2C(=O)O[C@H]([C@H](C)C[C@@H]2CCC(OP(=O)(O)O)[C@H](OC)C2)CC(=O)[C@H](C)/C=C(\C)[C@@H](O)[C@@H](OC)C(=O)[C@H](C)CC/C=C/C=CC=C1C. The Balaban J connectivity index is 1.69. The number of carbonyl (C=O) groups is 5. The summed E-state index contributed by atoms with van der Waals surface area (Å²) in [6, 6.07) is -1.20. The molecule has 0 radical (unpaired) electrons. The Hall–Kier alpha value is -3.22. The Labute approximate surface area is 402 Å². The zero-order valence-electron chi connectivity index (χ0n) is 41.5. The number of carbonyl (C=O) groups excluding carboxylic acids is 5. The van der Waals surface area contributed by atoms with E-state index in [1.54, 1.807) is 40.9 Å². The monoisotopic (exact) mass is 980 g/mol. The molecule has 1 unspecified atom stereocenters. The van der Waals surface area contributed by atoms with Gasteiger partial charge in [-0.3, -0.25) is 23.7 Å². The van der Waals surface area contributed by atoms with Crippen molar-refractivity contribution in [1.82, 2.24) is 4.90 Å². The van der Waals surface area contributed by atoms with Gasteiger partial charge in [0.25, 0.3) is 11.7 Å². The van der Waals surface area contributed by atoms with E-state index < -0.39 is 104 Å². The van der Waals surface area contributed by atoms with Crippen molar-refractivity contribution in [3.8, 4) is 0 Å². The van der Waals surface area contributed by atoms with Crippen molar-refractivity contribution in [1.29, 1.82) is 0 Å². The number of ether oxygens (including phenoxy) is 5. The summed E-state index contributed by atoms with van der Waals surface area (Å²) >= 11 is 0. The van der Waals surface area contributed by atoms with E-state index >= 15 is 0 Å². The maximum atomic E-state index is 14.4.